The largest absolute Gasteiger partial charge is 0.471 e. The molecule has 1 N–H and O–H groups in total. The third-order valence-corrected chi connectivity index (χ3v) is 3.37. The zero-order valence-corrected chi connectivity index (χ0v) is 13.5. The maximum Gasteiger partial charge on any atom is 0.471 e. The SMILES string of the molecule is [2H]c1cc(F)c(Br)c([2H])c1-n1c(-c2nonc2NC(=O)C(F)(F)F)noc1=O. The molecule has 0 aliphatic rings. The molecule has 9 nitrogen and oxygen atoms in total. The lowest BCUT2D eigenvalue weighted by Crippen LogP contribution is -2.30. The highest BCUT2D eigenvalue weighted by Crippen LogP contribution is 2.27. The molecule has 3 aromatic rings. The number of carbonyl (C=O) groups is 1. The Balaban J connectivity index is 2.18. The molecule has 0 saturated heterocycles. The first-order valence-corrected chi connectivity index (χ1v) is 7.07. The molecule has 0 spiro atoms. The highest BCUT2D eigenvalue weighted by Gasteiger charge is 2.40. The molecule has 0 radical (unpaired) electrons. The summed E-state index contributed by atoms with van der Waals surface area (Å²) in [4.78, 5) is 23.1. The van der Waals surface area contributed by atoms with Crippen LogP contribution in [0.2, 0.25) is 0 Å². The van der Waals surface area contributed by atoms with Crippen molar-refractivity contribution in [3.05, 3.63) is 39.0 Å². The Morgan fingerprint density at radius 1 is 1.35 bits per heavy atom. The second-order valence-corrected chi connectivity index (χ2v) is 5.24. The summed E-state index contributed by atoms with van der Waals surface area (Å²) in [5.74, 6) is -6.15. The standard InChI is InChI=1S/C12H4BrF4N5O4/c13-5-3-4(1-2-6(5)14)22-9(21-25-11(22)24)7-8(20-26-19-7)18-10(23)12(15,16)17/h1-3H,(H,18,20,23)/i1D,3D. The van der Waals surface area contributed by atoms with Crippen LogP contribution in [-0.2, 0) is 4.79 Å². The molecule has 26 heavy (non-hydrogen) atoms. The molecule has 0 saturated carbocycles. The number of rotatable bonds is 3. The summed E-state index contributed by atoms with van der Waals surface area (Å²) >= 11 is 2.78. The van der Waals surface area contributed by atoms with E-state index in [1.807, 2.05) is 0 Å². The first kappa shape index (κ1) is 15.2. The normalized spacial score (nSPS) is 12.7. The summed E-state index contributed by atoms with van der Waals surface area (Å²) < 4.78 is 75.4. The third-order valence-electron chi connectivity index (χ3n) is 2.79. The maximum absolute atomic E-state index is 13.7. The second-order valence-electron chi connectivity index (χ2n) is 4.45. The van der Waals surface area contributed by atoms with Gasteiger partial charge in [0, 0.05) is 0 Å². The van der Waals surface area contributed by atoms with Gasteiger partial charge in [-0.3, -0.25) is 14.6 Å². The van der Waals surface area contributed by atoms with Crippen LogP contribution in [0.3, 0.4) is 0 Å². The van der Waals surface area contributed by atoms with Crippen molar-refractivity contribution in [2.24, 2.45) is 0 Å². The molecule has 2 heterocycles. The lowest BCUT2D eigenvalue weighted by molar-refractivity contribution is -0.167. The van der Waals surface area contributed by atoms with E-state index in [-0.39, 0.29) is 0 Å². The quantitative estimate of drug-likeness (QED) is 0.622. The van der Waals surface area contributed by atoms with Crippen LogP contribution in [0.25, 0.3) is 17.2 Å². The van der Waals surface area contributed by atoms with Gasteiger partial charge in [0.25, 0.3) is 0 Å². The average Bonchev–Trinajstić information content (AvgIpc) is 3.19. The third kappa shape index (κ3) is 3.22. The van der Waals surface area contributed by atoms with Gasteiger partial charge in [-0.25, -0.2) is 18.4 Å². The van der Waals surface area contributed by atoms with Crippen molar-refractivity contribution in [3.8, 4) is 17.2 Å². The highest BCUT2D eigenvalue weighted by molar-refractivity contribution is 9.10. The highest BCUT2D eigenvalue weighted by atomic mass is 79.9. The fourth-order valence-corrected chi connectivity index (χ4v) is 2.01. The van der Waals surface area contributed by atoms with Gasteiger partial charge in [0.1, 0.15) is 5.82 Å². The van der Waals surface area contributed by atoms with E-state index >= 15 is 0 Å². The molecule has 136 valence electrons. The number of benzene rings is 1. The molecule has 0 fully saturated rings. The van der Waals surface area contributed by atoms with E-state index in [1.54, 1.807) is 0 Å². The van der Waals surface area contributed by atoms with Crippen LogP contribution >= 0.6 is 15.9 Å². The average molecular weight is 440 g/mol. The number of hydrogen-bond acceptors (Lipinski definition) is 7. The number of carbonyl (C=O) groups excluding carboxylic acids is 1. The molecule has 0 unspecified atom stereocenters. The van der Waals surface area contributed by atoms with E-state index in [1.165, 1.54) is 5.32 Å². The second kappa shape index (κ2) is 6.36. The lowest BCUT2D eigenvalue weighted by atomic mass is 10.3. The predicted octanol–water partition coefficient (Wildman–Crippen LogP) is 2.28. The van der Waals surface area contributed by atoms with E-state index < -0.39 is 63.2 Å². The predicted molar refractivity (Wildman–Crippen MR) is 77.7 cm³/mol. The Morgan fingerprint density at radius 3 is 2.77 bits per heavy atom. The van der Waals surface area contributed by atoms with Crippen LogP contribution < -0.4 is 11.1 Å². The monoisotopic (exact) mass is 439 g/mol. The summed E-state index contributed by atoms with van der Waals surface area (Å²) in [5, 5.41) is 11.0. The van der Waals surface area contributed by atoms with Crippen molar-refractivity contribution in [1.29, 1.82) is 0 Å². The molecular weight excluding hydrogens is 434 g/mol. The number of anilines is 1. The summed E-state index contributed by atoms with van der Waals surface area (Å²) in [6.45, 7) is 0. The zero-order valence-electron chi connectivity index (χ0n) is 13.9. The summed E-state index contributed by atoms with van der Waals surface area (Å²) in [7, 11) is 0. The van der Waals surface area contributed by atoms with Gasteiger partial charge < -0.3 is 0 Å². The molecule has 1 aromatic carbocycles. The van der Waals surface area contributed by atoms with Gasteiger partial charge in [-0.05, 0) is 44.4 Å². The van der Waals surface area contributed by atoms with Gasteiger partial charge in [0.2, 0.25) is 11.6 Å². The van der Waals surface area contributed by atoms with Gasteiger partial charge in [0.05, 0.1) is 12.9 Å². The van der Waals surface area contributed by atoms with E-state index in [2.05, 4.69) is 40.6 Å². The van der Waals surface area contributed by atoms with Crippen LogP contribution in [0.15, 0.2) is 36.6 Å². The Labute approximate surface area is 150 Å². The molecule has 14 heteroatoms. The van der Waals surface area contributed by atoms with Gasteiger partial charge in [-0.15, -0.1) is 0 Å². The number of nitrogens with one attached hydrogen (secondary N) is 1. The Hall–Kier alpha value is -3.03. The van der Waals surface area contributed by atoms with Crippen molar-refractivity contribution < 1.29 is 34.2 Å². The van der Waals surface area contributed by atoms with E-state index in [9.17, 15) is 27.2 Å². The number of alkyl halides is 3. The minimum absolute atomic E-state index is 0.401. The first-order valence-electron chi connectivity index (χ1n) is 7.27. The molecule has 0 aliphatic heterocycles. The fraction of sp³-hybridized carbons (Fsp3) is 0.0833. The van der Waals surface area contributed by atoms with Gasteiger partial charge in [0.15, 0.2) is 5.69 Å². The van der Waals surface area contributed by atoms with Crippen LogP contribution in [0.4, 0.5) is 23.4 Å². The topological polar surface area (TPSA) is 116 Å². The van der Waals surface area contributed by atoms with Crippen molar-refractivity contribution >= 4 is 27.7 Å². The molecule has 0 atom stereocenters. The van der Waals surface area contributed by atoms with Crippen LogP contribution in [0.5, 0.6) is 0 Å². The van der Waals surface area contributed by atoms with Gasteiger partial charge in [-0.1, -0.05) is 5.16 Å². The Morgan fingerprint density at radius 2 is 2.08 bits per heavy atom. The number of amides is 1. The van der Waals surface area contributed by atoms with Crippen LogP contribution in [0, 0.1) is 5.82 Å². The molecule has 0 bridgehead atoms. The van der Waals surface area contributed by atoms with Crippen molar-refractivity contribution in [2.75, 3.05) is 5.32 Å². The fourth-order valence-electron chi connectivity index (χ4n) is 1.71. The number of aromatic nitrogens is 4. The van der Waals surface area contributed by atoms with E-state index in [4.69, 9.17) is 2.74 Å². The maximum atomic E-state index is 13.7. The molecule has 3 rings (SSSR count). The van der Waals surface area contributed by atoms with Crippen molar-refractivity contribution in [1.82, 2.24) is 20.0 Å². The zero-order chi connectivity index (χ0) is 20.8. The summed E-state index contributed by atoms with van der Waals surface area (Å²) in [6, 6.07) is -0.628. The van der Waals surface area contributed by atoms with Crippen LogP contribution in [-0.4, -0.2) is 32.1 Å². The van der Waals surface area contributed by atoms with E-state index in [0.29, 0.717) is 10.6 Å². The first-order chi connectivity index (χ1) is 13.0. The van der Waals surface area contributed by atoms with Gasteiger partial charge >= 0.3 is 17.8 Å². The number of nitrogens with zero attached hydrogens (tertiary/aromatic N) is 4. The minimum atomic E-state index is -5.26. The molecule has 1 amide bonds. The minimum Gasteiger partial charge on any atom is -0.298 e. The Bertz CT molecular complexity index is 1140. The summed E-state index contributed by atoms with van der Waals surface area (Å²) in [6.07, 6.45) is -5.26. The van der Waals surface area contributed by atoms with Crippen LogP contribution in [0.1, 0.15) is 2.74 Å². The molecule has 0 aliphatic carbocycles. The number of hydrogen-bond donors (Lipinski definition) is 1. The van der Waals surface area contributed by atoms with Gasteiger partial charge in [-0.2, -0.15) is 13.2 Å². The van der Waals surface area contributed by atoms with Crippen molar-refractivity contribution in [2.45, 2.75) is 6.18 Å². The summed E-state index contributed by atoms with van der Waals surface area (Å²) in [5.41, 5.74) is -1.19. The Kier molecular flexibility index (Phi) is 3.73. The molecular formula is C12H4BrF4N5O4. The number of halogens is 5. The molecule has 2 aromatic heterocycles. The lowest BCUT2D eigenvalue weighted by Gasteiger charge is -2.06. The van der Waals surface area contributed by atoms with E-state index in [0.717, 1.165) is 0 Å². The smallest absolute Gasteiger partial charge is 0.298 e. The van der Waals surface area contributed by atoms with Crippen molar-refractivity contribution in [3.63, 3.8) is 0 Å².